The Morgan fingerprint density at radius 3 is 2.30 bits per heavy atom. The number of likely N-dealkylation sites (N-methyl/N-ethyl adjacent to an activating group) is 1. The van der Waals surface area contributed by atoms with Crippen LogP contribution in [0.4, 0.5) is 27.5 Å². The Kier molecular flexibility index (Phi) is 5.99. The van der Waals surface area contributed by atoms with E-state index in [1.165, 1.54) is 12.1 Å². The van der Waals surface area contributed by atoms with Crippen LogP contribution in [0.1, 0.15) is 6.42 Å². The molecule has 0 aliphatic carbocycles. The Morgan fingerprint density at radius 1 is 0.967 bits per heavy atom. The molecule has 2 aliphatic heterocycles. The van der Waals surface area contributed by atoms with Crippen LogP contribution in [0, 0.1) is 0 Å². The van der Waals surface area contributed by atoms with Gasteiger partial charge in [0.05, 0.1) is 11.4 Å². The van der Waals surface area contributed by atoms with Crippen LogP contribution in [-0.2, 0) is 0 Å². The molecule has 7 heteroatoms. The molecule has 0 aromatic heterocycles. The third-order valence-electron chi connectivity index (χ3n) is 6.22. The number of carbonyl (C=O) groups is 1. The van der Waals surface area contributed by atoms with Gasteiger partial charge in [0.25, 0.3) is 0 Å². The summed E-state index contributed by atoms with van der Waals surface area (Å²) in [5.41, 5.74) is 9.97. The molecule has 2 saturated heterocycles. The summed E-state index contributed by atoms with van der Waals surface area (Å²) in [4.78, 5) is 21.5. The Labute approximate surface area is 179 Å². The number of anilines is 4. The highest BCUT2D eigenvalue weighted by Crippen LogP contribution is 2.25. The number of hydrogen-bond acceptors (Lipinski definition) is 5. The van der Waals surface area contributed by atoms with Gasteiger partial charge in [0.15, 0.2) is 0 Å². The van der Waals surface area contributed by atoms with Crippen LogP contribution < -0.4 is 20.9 Å². The predicted molar refractivity (Wildman–Crippen MR) is 124 cm³/mol. The van der Waals surface area contributed by atoms with Crippen molar-refractivity contribution in [1.82, 2.24) is 9.80 Å². The Bertz CT molecular complexity index is 860. The number of benzene rings is 2. The first-order valence-corrected chi connectivity index (χ1v) is 10.7. The first-order chi connectivity index (χ1) is 14.5. The lowest BCUT2D eigenvalue weighted by molar-refractivity contribution is 0.208. The van der Waals surface area contributed by atoms with Crippen LogP contribution in [0.2, 0.25) is 0 Å². The van der Waals surface area contributed by atoms with Gasteiger partial charge in [0.2, 0.25) is 0 Å². The van der Waals surface area contributed by atoms with Crippen molar-refractivity contribution in [3.05, 3.63) is 48.5 Å². The number of urea groups is 1. The molecule has 3 N–H and O–H groups in total. The molecule has 2 aromatic rings. The van der Waals surface area contributed by atoms with Crippen molar-refractivity contribution in [3.8, 4) is 0 Å². The summed E-state index contributed by atoms with van der Waals surface area (Å²) in [7, 11) is 4.28. The molecule has 2 aliphatic rings. The molecular formula is C23H32N6O. The fraction of sp³-hybridized carbons (Fsp3) is 0.435. The van der Waals surface area contributed by atoms with Gasteiger partial charge >= 0.3 is 6.03 Å². The summed E-state index contributed by atoms with van der Waals surface area (Å²) in [5, 5.41) is 3.04. The summed E-state index contributed by atoms with van der Waals surface area (Å²) >= 11 is 0. The standard InChI is InChI=1S/C23H32N6O/c1-26(2)20-11-12-29(17-20)19-9-7-18(8-10-19)25-23(30)28-15-13-27(14-16-28)22-6-4-3-5-21(22)24/h3-10,20H,11-17,24H2,1-2H3,(H,25,30). The maximum atomic E-state index is 12.7. The molecule has 2 aromatic carbocycles. The fourth-order valence-corrected chi connectivity index (χ4v) is 4.28. The maximum Gasteiger partial charge on any atom is 0.321 e. The van der Waals surface area contributed by atoms with Crippen LogP contribution in [0.25, 0.3) is 0 Å². The average molecular weight is 409 g/mol. The molecule has 0 spiro atoms. The molecule has 160 valence electrons. The Balaban J connectivity index is 1.29. The number of nitrogens with two attached hydrogens (primary N) is 1. The van der Waals surface area contributed by atoms with Gasteiger partial charge in [-0.25, -0.2) is 4.79 Å². The molecule has 30 heavy (non-hydrogen) atoms. The quantitative estimate of drug-likeness (QED) is 0.762. The summed E-state index contributed by atoms with van der Waals surface area (Å²) in [5.74, 6) is 0. The van der Waals surface area contributed by atoms with Crippen molar-refractivity contribution >= 4 is 28.8 Å². The van der Waals surface area contributed by atoms with E-state index in [0.717, 1.165) is 43.2 Å². The number of nitrogens with zero attached hydrogens (tertiary/aromatic N) is 4. The van der Waals surface area contributed by atoms with Gasteiger partial charge in [-0.2, -0.15) is 0 Å². The van der Waals surface area contributed by atoms with Crippen LogP contribution in [0.15, 0.2) is 48.5 Å². The number of hydrogen-bond donors (Lipinski definition) is 2. The van der Waals surface area contributed by atoms with Crippen molar-refractivity contribution in [1.29, 1.82) is 0 Å². The highest BCUT2D eigenvalue weighted by atomic mass is 16.2. The van der Waals surface area contributed by atoms with Crippen molar-refractivity contribution in [2.45, 2.75) is 12.5 Å². The number of nitrogen functional groups attached to an aromatic ring is 1. The van der Waals surface area contributed by atoms with Crippen LogP contribution in [0.5, 0.6) is 0 Å². The normalized spacial score (nSPS) is 19.4. The van der Waals surface area contributed by atoms with E-state index in [4.69, 9.17) is 5.73 Å². The zero-order chi connectivity index (χ0) is 21.1. The molecule has 1 unspecified atom stereocenters. The summed E-state index contributed by atoms with van der Waals surface area (Å²) < 4.78 is 0. The molecule has 4 rings (SSSR count). The molecule has 0 radical (unpaired) electrons. The van der Waals surface area contributed by atoms with Crippen molar-refractivity contribution in [2.75, 3.05) is 74.2 Å². The lowest BCUT2D eigenvalue weighted by Crippen LogP contribution is -2.50. The molecule has 7 nitrogen and oxygen atoms in total. The SMILES string of the molecule is CN(C)C1CCN(c2ccc(NC(=O)N3CCN(c4ccccc4N)CC3)cc2)C1. The van der Waals surface area contributed by atoms with E-state index < -0.39 is 0 Å². The number of para-hydroxylation sites is 2. The van der Waals surface area contributed by atoms with Crippen LogP contribution in [-0.4, -0.2) is 75.2 Å². The third kappa shape index (κ3) is 4.46. The van der Waals surface area contributed by atoms with Crippen molar-refractivity contribution in [3.63, 3.8) is 0 Å². The molecule has 1 atom stereocenters. The summed E-state index contributed by atoms with van der Waals surface area (Å²) in [6, 6.07) is 16.7. The van der Waals surface area contributed by atoms with E-state index in [2.05, 4.69) is 46.2 Å². The summed E-state index contributed by atoms with van der Waals surface area (Å²) in [6.07, 6.45) is 1.19. The monoisotopic (exact) mass is 408 g/mol. The molecule has 0 bridgehead atoms. The molecule has 2 heterocycles. The van der Waals surface area contributed by atoms with Crippen LogP contribution >= 0.6 is 0 Å². The largest absolute Gasteiger partial charge is 0.397 e. The number of carbonyl (C=O) groups excluding carboxylic acids is 1. The zero-order valence-electron chi connectivity index (χ0n) is 17.9. The molecule has 0 saturated carbocycles. The first-order valence-electron chi connectivity index (χ1n) is 10.7. The van der Waals surface area contributed by atoms with E-state index in [1.807, 2.05) is 41.3 Å². The fourth-order valence-electron chi connectivity index (χ4n) is 4.28. The minimum atomic E-state index is -0.0442. The minimum Gasteiger partial charge on any atom is -0.397 e. The van der Waals surface area contributed by atoms with Gasteiger partial charge in [-0.1, -0.05) is 12.1 Å². The van der Waals surface area contributed by atoms with E-state index in [1.54, 1.807) is 0 Å². The average Bonchev–Trinajstić information content (AvgIpc) is 3.25. The minimum absolute atomic E-state index is 0.0442. The molecular weight excluding hydrogens is 376 g/mol. The number of rotatable bonds is 4. The Hall–Kier alpha value is -2.93. The van der Waals surface area contributed by atoms with Crippen molar-refractivity contribution < 1.29 is 4.79 Å². The molecule has 2 amide bonds. The van der Waals surface area contributed by atoms with E-state index >= 15 is 0 Å². The Morgan fingerprint density at radius 2 is 1.67 bits per heavy atom. The van der Waals surface area contributed by atoms with Crippen LogP contribution in [0.3, 0.4) is 0 Å². The van der Waals surface area contributed by atoms with Gasteiger partial charge in [-0.05, 0) is 56.9 Å². The smallest absolute Gasteiger partial charge is 0.321 e. The first kappa shape index (κ1) is 20.3. The van der Waals surface area contributed by atoms with E-state index in [-0.39, 0.29) is 6.03 Å². The summed E-state index contributed by atoms with van der Waals surface area (Å²) in [6.45, 7) is 5.04. The lowest BCUT2D eigenvalue weighted by atomic mass is 10.2. The highest BCUT2D eigenvalue weighted by Gasteiger charge is 2.25. The number of nitrogens with one attached hydrogen (secondary N) is 1. The third-order valence-corrected chi connectivity index (χ3v) is 6.22. The van der Waals surface area contributed by atoms with Gasteiger partial charge in [0.1, 0.15) is 0 Å². The highest BCUT2D eigenvalue weighted by molar-refractivity contribution is 5.89. The zero-order valence-corrected chi connectivity index (χ0v) is 17.9. The maximum absolute atomic E-state index is 12.7. The number of piperazine rings is 1. The second-order valence-corrected chi connectivity index (χ2v) is 8.36. The number of amides is 2. The van der Waals surface area contributed by atoms with Gasteiger partial charge in [-0.3, -0.25) is 0 Å². The second kappa shape index (κ2) is 8.83. The second-order valence-electron chi connectivity index (χ2n) is 8.36. The predicted octanol–water partition coefficient (Wildman–Crippen LogP) is 2.76. The van der Waals surface area contributed by atoms with Crippen molar-refractivity contribution in [2.24, 2.45) is 0 Å². The lowest BCUT2D eigenvalue weighted by Gasteiger charge is -2.36. The van der Waals surface area contributed by atoms with E-state index in [0.29, 0.717) is 19.1 Å². The van der Waals surface area contributed by atoms with Gasteiger partial charge in [0, 0.05) is 56.7 Å². The topological polar surface area (TPSA) is 68.1 Å². The van der Waals surface area contributed by atoms with Gasteiger partial charge < -0.3 is 30.7 Å². The van der Waals surface area contributed by atoms with E-state index in [9.17, 15) is 4.79 Å². The van der Waals surface area contributed by atoms with Gasteiger partial charge in [-0.15, -0.1) is 0 Å². The molecule has 2 fully saturated rings.